The van der Waals surface area contributed by atoms with E-state index in [9.17, 15) is 0 Å². The Labute approximate surface area is 116 Å². The first-order valence-corrected chi connectivity index (χ1v) is 8.08. The molecule has 3 heteroatoms. The van der Waals surface area contributed by atoms with Gasteiger partial charge >= 0.3 is 0 Å². The summed E-state index contributed by atoms with van der Waals surface area (Å²) in [6.45, 7) is 11.1. The van der Waals surface area contributed by atoms with Crippen molar-refractivity contribution >= 4 is 15.9 Å². The summed E-state index contributed by atoms with van der Waals surface area (Å²) in [5, 5.41) is 10.2. The van der Waals surface area contributed by atoms with Crippen LogP contribution in [0.15, 0.2) is 0 Å². The number of alkyl halides is 1. The fourth-order valence-electron chi connectivity index (χ4n) is 2.60. The van der Waals surface area contributed by atoms with E-state index in [-0.39, 0.29) is 6.61 Å². The molecule has 0 fully saturated rings. The lowest BCUT2D eigenvalue weighted by Gasteiger charge is -2.39. The Hall–Kier alpha value is 0.400. The van der Waals surface area contributed by atoms with Crippen LogP contribution in [0, 0.1) is 5.41 Å². The molecule has 0 aromatic carbocycles. The third kappa shape index (κ3) is 6.21. The molecule has 1 N–H and O–H groups in total. The maximum absolute atomic E-state index is 9.16. The van der Waals surface area contributed by atoms with Crippen LogP contribution in [0.5, 0.6) is 0 Å². The van der Waals surface area contributed by atoms with Crippen molar-refractivity contribution in [1.82, 2.24) is 4.90 Å². The van der Waals surface area contributed by atoms with Gasteiger partial charge in [0.25, 0.3) is 0 Å². The van der Waals surface area contributed by atoms with Crippen LogP contribution in [0.3, 0.4) is 0 Å². The molecule has 0 unspecified atom stereocenters. The molecular weight excluding hydrogens is 278 g/mol. The first-order chi connectivity index (χ1) is 8.05. The van der Waals surface area contributed by atoms with Crippen molar-refractivity contribution in [3.05, 3.63) is 0 Å². The van der Waals surface area contributed by atoms with E-state index in [1.54, 1.807) is 0 Å². The van der Waals surface area contributed by atoms with E-state index in [2.05, 4.69) is 48.5 Å². The zero-order valence-corrected chi connectivity index (χ0v) is 13.6. The third-order valence-electron chi connectivity index (χ3n) is 3.50. The second-order valence-electron chi connectivity index (χ2n) is 5.42. The molecule has 0 amide bonds. The first kappa shape index (κ1) is 17.4. The molecule has 0 bridgehead atoms. The quantitative estimate of drug-likeness (QED) is 0.622. The summed E-state index contributed by atoms with van der Waals surface area (Å²) in [6.07, 6.45) is 4.99. The molecule has 0 radical (unpaired) electrons. The van der Waals surface area contributed by atoms with Crippen LogP contribution < -0.4 is 0 Å². The average molecular weight is 308 g/mol. The topological polar surface area (TPSA) is 23.5 Å². The van der Waals surface area contributed by atoms with Crippen molar-refractivity contribution in [2.75, 3.05) is 25.0 Å². The Balaban J connectivity index is 4.66. The minimum atomic E-state index is 0.259. The Morgan fingerprint density at radius 2 is 1.71 bits per heavy atom. The maximum atomic E-state index is 9.16. The minimum Gasteiger partial charge on any atom is -0.395 e. The number of rotatable bonds is 10. The summed E-state index contributed by atoms with van der Waals surface area (Å²) in [4.78, 5) is 2.41. The summed E-state index contributed by atoms with van der Waals surface area (Å²) in [6, 6.07) is 0.509. The normalized spacial score (nSPS) is 12.7. The second kappa shape index (κ2) is 9.35. The van der Waals surface area contributed by atoms with Crippen LogP contribution in [0.25, 0.3) is 0 Å². The van der Waals surface area contributed by atoms with E-state index in [0.29, 0.717) is 11.5 Å². The summed E-state index contributed by atoms with van der Waals surface area (Å²) in [5.41, 5.74) is 0.378. The van der Waals surface area contributed by atoms with Crippen molar-refractivity contribution in [3.8, 4) is 0 Å². The van der Waals surface area contributed by atoms with Gasteiger partial charge in [-0.05, 0) is 32.1 Å². The van der Waals surface area contributed by atoms with E-state index < -0.39 is 0 Å². The summed E-state index contributed by atoms with van der Waals surface area (Å²) in [5.74, 6) is 0. The Morgan fingerprint density at radius 1 is 1.18 bits per heavy atom. The molecule has 0 aliphatic carbocycles. The predicted molar refractivity (Wildman–Crippen MR) is 79.8 cm³/mol. The zero-order chi connectivity index (χ0) is 13.3. The number of hydrogen-bond donors (Lipinski definition) is 1. The Bertz CT molecular complexity index is 179. The van der Waals surface area contributed by atoms with Crippen molar-refractivity contribution in [3.63, 3.8) is 0 Å². The molecule has 0 aromatic rings. The Kier molecular flexibility index (Phi) is 9.57. The second-order valence-corrected chi connectivity index (χ2v) is 5.98. The largest absolute Gasteiger partial charge is 0.395 e. The van der Waals surface area contributed by atoms with Gasteiger partial charge < -0.3 is 5.11 Å². The lowest BCUT2D eigenvalue weighted by atomic mass is 9.80. The molecule has 0 heterocycles. The van der Waals surface area contributed by atoms with E-state index in [4.69, 9.17) is 5.11 Å². The molecule has 0 aliphatic rings. The van der Waals surface area contributed by atoms with Gasteiger partial charge in [-0.25, -0.2) is 0 Å². The van der Waals surface area contributed by atoms with Crippen molar-refractivity contribution in [2.45, 2.75) is 59.4 Å². The molecule has 2 nitrogen and oxygen atoms in total. The van der Waals surface area contributed by atoms with Gasteiger partial charge in [0, 0.05) is 24.5 Å². The lowest BCUT2D eigenvalue weighted by molar-refractivity contribution is 0.0989. The van der Waals surface area contributed by atoms with Crippen LogP contribution in [0.4, 0.5) is 0 Å². The van der Waals surface area contributed by atoms with Crippen molar-refractivity contribution < 1.29 is 5.11 Å². The van der Waals surface area contributed by atoms with Gasteiger partial charge in [0.15, 0.2) is 0 Å². The molecule has 0 rings (SSSR count). The van der Waals surface area contributed by atoms with Crippen molar-refractivity contribution in [1.29, 1.82) is 0 Å². The SMILES string of the molecule is CCCC(CBr)(CCC)CN(CCO)C(C)C. The van der Waals surface area contributed by atoms with Crippen molar-refractivity contribution in [2.24, 2.45) is 5.41 Å². The van der Waals surface area contributed by atoms with Gasteiger partial charge in [-0.3, -0.25) is 4.90 Å². The van der Waals surface area contributed by atoms with Gasteiger partial charge in [0.05, 0.1) is 6.61 Å². The highest BCUT2D eigenvalue weighted by Gasteiger charge is 2.30. The van der Waals surface area contributed by atoms with Gasteiger partial charge in [0.2, 0.25) is 0 Å². The molecule has 0 aliphatic heterocycles. The monoisotopic (exact) mass is 307 g/mol. The van der Waals surface area contributed by atoms with Gasteiger partial charge in [0.1, 0.15) is 0 Å². The molecule has 0 saturated carbocycles. The smallest absolute Gasteiger partial charge is 0.0558 e. The molecule has 0 aromatic heterocycles. The summed E-state index contributed by atoms with van der Waals surface area (Å²) in [7, 11) is 0. The van der Waals surface area contributed by atoms with Gasteiger partial charge in [-0.1, -0.05) is 42.6 Å². The van der Waals surface area contributed by atoms with Crippen LogP contribution >= 0.6 is 15.9 Å². The first-order valence-electron chi connectivity index (χ1n) is 6.96. The number of halogens is 1. The minimum absolute atomic E-state index is 0.259. The van der Waals surface area contributed by atoms with Crippen LogP contribution in [-0.2, 0) is 0 Å². The maximum Gasteiger partial charge on any atom is 0.0558 e. The van der Waals surface area contributed by atoms with E-state index >= 15 is 0 Å². The fraction of sp³-hybridized carbons (Fsp3) is 1.00. The van der Waals surface area contributed by atoms with Crippen LogP contribution in [0.1, 0.15) is 53.4 Å². The zero-order valence-electron chi connectivity index (χ0n) is 12.0. The summed E-state index contributed by atoms with van der Waals surface area (Å²) < 4.78 is 0. The van der Waals surface area contributed by atoms with Gasteiger partial charge in [-0.15, -0.1) is 0 Å². The number of aliphatic hydroxyl groups excluding tert-OH is 1. The number of hydrogen-bond acceptors (Lipinski definition) is 2. The number of aliphatic hydroxyl groups is 1. The Morgan fingerprint density at radius 3 is 2.00 bits per heavy atom. The van der Waals surface area contributed by atoms with Crippen LogP contribution in [0.2, 0.25) is 0 Å². The number of nitrogens with zero attached hydrogens (tertiary/aromatic N) is 1. The molecule has 17 heavy (non-hydrogen) atoms. The highest BCUT2D eigenvalue weighted by Crippen LogP contribution is 2.33. The van der Waals surface area contributed by atoms with E-state index in [1.165, 1.54) is 25.7 Å². The van der Waals surface area contributed by atoms with E-state index in [0.717, 1.165) is 18.4 Å². The summed E-state index contributed by atoms with van der Waals surface area (Å²) >= 11 is 3.71. The van der Waals surface area contributed by atoms with Crippen LogP contribution in [-0.4, -0.2) is 41.1 Å². The predicted octanol–water partition coefficient (Wildman–Crippen LogP) is 3.67. The molecule has 0 saturated heterocycles. The third-order valence-corrected chi connectivity index (χ3v) is 4.69. The molecular formula is C14H30BrNO. The van der Waals surface area contributed by atoms with Gasteiger partial charge in [-0.2, -0.15) is 0 Å². The fourth-order valence-corrected chi connectivity index (χ4v) is 3.34. The molecule has 0 spiro atoms. The van der Waals surface area contributed by atoms with E-state index in [1.807, 2.05) is 0 Å². The lowest BCUT2D eigenvalue weighted by Crippen LogP contribution is -2.43. The highest BCUT2D eigenvalue weighted by molar-refractivity contribution is 9.09. The highest BCUT2D eigenvalue weighted by atomic mass is 79.9. The standard InChI is InChI=1S/C14H30BrNO/c1-5-7-14(11-15,8-6-2)12-16(9-10-17)13(3)4/h13,17H,5-12H2,1-4H3. The molecule has 0 atom stereocenters. The average Bonchev–Trinajstić information content (AvgIpc) is 2.28. The molecule has 104 valence electrons.